The molecule has 1 aliphatic rings. The van der Waals surface area contributed by atoms with E-state index in [1.165, 1.54) is 0 Å². The Morgan fingerprint density at radius 2 is 2.07 bits per heavy atom. The average molecular weight is 243 g/mol. The Labute approximate surface area is 92.3 Å². The van der Waals surface area contributed by atoms with Crippen molar-refractivity contribution in [3.63, 3.8) is 0 Å². The van der Waals surface area contributed by atoms with Crippen LogP contribution in [0, 0.1) is 0 Å². The third kappa shape index (κ3) is 4.13. The molecule has 14 heavy (non-hydrogen) atoms. The minimum Gasteiger partial charge on any atom is -0.315 e. The van der Waals surface area contributed by atoms with E-state index >= 15 is 0 Å². The number of piperidine rings is 1. The summed E-state index contributed by atoms with van der Waals surface area (Å²) in [5.41, 5.74) is 0. The van der Waals surface area contributed by atoms with Gasteiger partial charge in [0.05, 0.1) is 5.25 Å². The van der Waals surface area contributed by atoms with E-state index in [9.17, 15) is 8.42 Å². The maximum absolute atomic E-state index is 11.5. The second-order valence-corrected chi connectivity index (χ2v) is 6.02. The van der Waals surface area contributed by atoms with Crippen molar-refractivity contribution in [2.75, 3.05) is 13.1 Å². The molecule has 86 valence electrons. The van der Waals surface area contributed by atoms with Crippen LogP contribution in [0.15, 0.2) is 0 Å². The molecular formula is C8H19ClN2O2S. The van der Waals surface area contributed by atoms with Crippen molar-refractivity contribution < 1.29 is 8.42 Å². The van der Waals surface area contributed by atoms with Gasteiger partial charge in [-0.2, -0.15) is 0 Å². The molecule has 0 aliphatic carbocycles. The van der Waals surface area contributed by atoms with Gasteiger partial charge in [-0.15, -0.1) is 12.4 Å². The summed E-state index contributed by atoms with van der Waals surface area (Å²) in [4.78, 5) is 0. The second-order valence-electron chi connectivity index (χ2n) is 3.75. The van der Waals surface area contributed by atoms with Crippen LogP contribution in [-0.4, -0.2) is 32.8 Å². The zero-order valence-electron chi connectivity index (χ0n) is 8.62. The van der Waals surface area contributed by atoms with E-state index in [0.29, 0.717) is 0 Å². The first-order valence-corrected chi connectivity index (χ1v) is 6.29. The van der Waals surface area contributed by atoms with E-state index in [1.807, 2.05) is 0 Å². The third-order valence-corrected chi connectivity index (χ3v) is 4.15. The van der Waals surface area contributed by atoms with Crippen LogP contribution in [0.5, 0.6) is 0 Å². The van der Waals surface area contributed by atoms with Gasteiger partial charge in [0.2, 0.25) is 10.0 Å². The number of halogens is 1. The highest BCUT2D eigenvalue weighted by Gasteiger charge is 2.22. The Morgan fingerprint density at radius 1 is 1.43 bits per heavy atom. The minimum absolute atomic E-state index is 0. The van der Waals surface area contributed by atoms with Gasteiger partial charge < -0.3 is 5.32 Å². The molecule has 1 atom stereocenters. The molecule has 0 amide bonds. The first kappa shape index (κ1) is 14.2. The van der Waals surface area contributed by atoms with E-state index < -0.39 is 10.0 Å². The number of rotatable bonds is 3. The maximum Gasteiger partial charge on any atom is 0.214 e. The summed E-state index contributed by atoms with van der Waals surface area (Å²) < 4.78 is 25.6. The lowest BCUT2D eigenvalue weighted by Crippen LogP contribution is -2.47. The average Bonchev–Trinajstić information content (AvgIpc) is 2.05. The molecule has 1 rings (SSSR count). The van der Waals surface area contributed by atoms with Crippen molar-refractivity contribution in [3.8, 4) is 0 Å². The quantitative estimate of drug-likeness (QED) is 0.757. The fourth-order valence-corrected chi connectivity index (χ4v) is 2.26. The Morgan fingerprint density at radius 3 is 2.50 bits per heavy atom. The number of nitrogens with one attached hydrogen (secondary N) is 2. The number of hydrogen-bond acceptors (Lipinski definition) is 3. The lowest BCUT2D eigenvalue weighted by Gasteiger charge is -2.24. The van der Waals surface area contributed by atoms with Gasteiger partial charge in [-0.25, -0.2) is 13.1 Å². The van der Waals surface area contributed by atoms with Gasteiger partial charge in [-0.3, -0.25) is 0 Å². The standard InChI is InChI=1S/C8H18N2O2S.ClH/c1-7(2)13(11,12)10-8-4-3-5-9-6-8;/h7-10H,3-6H2,1-2H3;1H. The van der Waals surface area contributed by atoms with Crippen LogP contribution in [0.4, 0.5) is 0 Å². The smallest absolute Gasteiger partial charge is 0.214 e. The van der Waals surface area contributed by atoms with Crippen LogP contribution < -0.4 is 10.0 Å². The summed E-state index contributed by atoms with van der Waals surface area (Å²) in [5.74, 6) is 0. The van der Waals surface area contributed by atoms with Gasteiger partial charge in [-0.05, 0) is 33.2 Å². The topological polar surface area (TPSA) is 58.2 Å². The number of sulfonamides is 1. The predicted molar refractivity (Wildman–Crippen MR) is 60.3 cm³/mol. The second kappa shape index (κ2) is 5.90. The largest absolute Gasteiger partial charge is 0.315 e. The molecule has 1 aliphatic heterocycles. The van der Waals surface area contributed by atoms with Crippen molar-refractivity contribution in [1.82, 2.24) is 10.0 Å². The highest BCUT2D eigenvalue weighted by Crippen LogP contribution is 2.05. The zero-order chi connectivity index (χ0) is 9.90. The van der Waals surface area contributed by atoms with Crippen LogP contribution in [0.3, 0.4) is 0 Å². The third-order valence-electron chi connectivity index (χ3n) is 2.25. The van der Waals surface area contributed by atoms with Gasteiger partial charge in [0.1, 0.15) is 0 Å². The van der Waals surface area contributed by atoms with Crippen LogP contribution in [0.25, 0.3) is 0 Å². The van der Waals surface area contributed by atoms with Gasteiger partial charge in [-0.1, -0.05) is 0 Å². The van der Waals surface area contributed by atoms with E-state index in [0.717, 1.165) is 25.9 Å². The van der Waals surface area contributed by atoms with Crippen LogP contribution in [0.1, 0.15) is 26.7 Å². The van der Waals surface area contributed by atoms with Crippen LogP contribution >= 0.6 is 12.4 Å². The molecule has 1 fully saturated rings. The summed E-state index contributed by atoms with van der Waals surface area (Å²) in [6, 6.07) is 0.0844. The van der Waals surface area contributed by atoms with Gasteiger partial charge in [0, 0.05) is 12.6 Å². The lowest BCUT2D eigenvalue weighted by atomic mass is 10.1. The number of hydrogen-bond donors (Lipinski definition) is 2. The molecule has 6 heteroatoms. The predicted octanol–water partition coefficient (Wildman–Crippen LogP) is 0.488. The van der Waals surface area contributed by atoms with E-state index in [-0.39, 0.29) is 23.7 Å². The van der Waals surface area contributed by atoms with E-state index in [2.05, 4.69) is 10.0 Å². The molecule has 2 N–H and O–H groups in total. The zero-order valence-corrected chi connectivity index (χ0v) is 10.2. The van der Waals surface area contributed by atoms with E-state index in [1.54, 1.807) is 13.8 Å². The Balaban J connectivity index is 0.00000169. The summed E-state index contributed by atoms with van der Waals surface area (Å²) in [6.07, 6.45) is 1.99. The summed E-state index contributed by atoms with van der Waals surface area (Å²) >= 11 is 0. The van der Waals surface area contributed by atoms with E-state index in [4.69, 9.17) is 0 Å². The van der Waals surface area contributed by atoms with Crippen LogP contribution in [-0.2, 0) is 10.0 Å². The highest BCUT2D eigenvalue weighted by molar-refractivity contribution is 7.90. The van der Waals surface area contributed by atoms with Crippen molar-refractivity contribution in [1.29, 1.82) is 0 Å². The first-order valence-electron chi connectivity index (χ1n) is 4.74. The molecule has 4 nitrogen and oxygen atoms in total. The fraction of sp³-hybridized carbons (Fsp3) is 1.00. The minimum atomic E-state index is -3.09. The van der Waals surface area contributed by atoms with Crippen molar-refractivity contribution in [2.24, 2.45) is 0 Å². The van der Waals surface area contributed by atoms with Gasteiger partial charge in [0.25, 0.3) is 0 Å². The first-order chi connectivity index (χ1) is 6.02. The normalized spacial score (nSPS) is 23.2. The maximum atomic E-state index is 11.5. The van der Waals surface area contributed by atoms with Gasteiger partial charge in [0.15, 0.2) is 0 Å². The Bertz CT molecular complexity index is 248. The lowest BCUT2D eigenvalue weighted by molar-refractivity contribution is 0.427. The summed E-state index contributed by atoms with van der Waals surface area (Å²) in [7, 11) is -3.09. The van der Waals surface area contributed by atoms with Gasteiger partial charge >= 0.3 is 0 Å². The molecule has 1 saturated heterocycles. The Kier molecular flexibility index (Phi) is 5.97. The fourth-order valence-electron chi connectivity index (χ4n) is 1.32. The molecule has 0 bridgehead atoms. The van der Waals surface area contributed by atoms with Crippen molar-refractivity contribution in [3.05, 3.63) is 0 Å². The molecule has 1 unspecified atom stereocenters. The Hall–Kier alpha value is 0.160. The van der Waals surface area contributed by atoms with Crippen LogP contribution in [0.2, 0.25) is 0 Å². The molecule has 0 aromatic heterocycles. The molecular weight excluding hydrogens is 224 g/mol. The summed E-state index contributed by atoms with van der Waals surface area (Å²) in [5, 5.41) is 2.83. The molecule has 0 aromatic carbocycles. The SMILES string of the molecule is CC(C)S(=O)(=O)NC1CCCNC1.Cl. The summed E-state index contributed by atoms with van der Waals surface area (Å²) in [6.45, 7) is 5.14. The highest BCUT2D eigenvalue weighted by atomic mass is 35.5. The molecule has 0 radical (unpaired) electrons. The van der Waals surface area contributed by atoms with Crippen molar-refractivity contribution >= 4 is 22.4 Å². The molecule has 0 spiro atoms. The monoisotopic (exact) mass is 242 g/mol. The van der Waals surface area contributed by atoms with Crippen molar-refractivity contribution in [2.45, 2.75) is 38.0 Å². The molecule has 0 saturated carbocycles. The molecule has 1 heterocycles. The molecule has 0 aromatic rings.